The fourth-order valence-corrected chi connectivity index (χ4v) is 1.72. The standard InChI is InChI=1S/C9H11NO2S/c1-6-3-4-13-8(6)5-10-9(12)7(2)11/h3-4H,5H2,1-2H3,(H,10,12). The molecule has 3 nitrogen and oxygen atoms in total. The number of ketones is 1. The molecular formula is C9H11NO2S. The molecule has 0 aromatic carbocycles. The summed E-state index contributed by atoms with van der Waals surface area (Å²) >= 11 is 1.58. The van der Waals surface area contributed by atoms with E-state index >= 15 is 0 Å². The third-order valence-corrected chi connectivity index (χ3v) is 2.72. The number of aryl methyl sites for hydroxylation is 1. The van der Waals surface area contributed by atoms with E-state index in [9.17, 15) is 9.59 Å². The first-order valence-electron chi connectivity index (χ1n) is 3.93. The van der Waals surface area contributed by atoms with Crippen molar-refractivity contribution in [2.45, 2.75) is 20.4 Å². The minimum absolute atomic E-state index is 0.446. The molecule has 0 saturated carbocycles. The number of thiophene rings is 1. The summed E-state index contributed by atoms with van der Waals surface area (Å²) in [4.78, 5) is 22.6. The minimum atomic E-state index is -0.521. The smallest absolute Gasteiger partial charge is 0.287 e. The molecule has 1 rings (SSSR count). The Kier molecular flexibility index (Phi) is 3.19. The number of hydrogen-bond donors (Lipinski definition) is 1. The Morgan fingerprint density at radius 3 is 2.69 bits per heavy atom. The Morgan fingerprint density at radius 2 is 2.23 bits per heavy atom. The van der Waals surface area contributed by atoms with E-state index in [1.54, 1.807) is 11.3 Å². The average Bonchev–Trinajstić information content (AvgIpc) is 2.47. The molecule has 0 saturated heterocycles. The third-order valence-electron chi connectivity index (χ3n) is 1.70. The molecule has 0 aliphatic rings. The molecule has 0 spiro atoms. The normalized spacial score (nSPS) is 9.69. The van der Waals surface area contributed by atoms with Gasteiger partial charge >= 0.3 is 0 Å². The summed E-state index contributed by atoms with van der Waals surface area (Å²) in [5.74, 6) is -0.970. The topological polar surface area (TPSA) is 46.2 Å². The van der Waals surface area contributed by atoms with Crippen molar-refractivity contribution < 1.29 is 9.59 Å². The van der Waals surface area contributed by atoms with Crippen LogP contribution in [0.3, 0.4) is 0 Å². The second-order valence-electron chi connectivity index (χ2n) is 2.77. The Labute approximate surface area is 80.8 Å². The summed E-state index contributed by atoms with van der Waals surface area (Å²) in [6.45, 7) is 3.68. The largest absolute Gasteiger partial charge is 0.345 e. The highest BCUT2D eigenvalue weighted by molar-refractivity contribution is 7.10. The first kappa shape index (κ1) is 9.92. The number of carbonyl (C=O) groups is 2. The first-order valence-corrected chi connectivity index (χ1v) is 4.81. The van der Waals surface area contributed by atoms with Crippen molar-refractivity contribution in [1.82, 2.24) is 5.32 Å². The summed E-state index contributed by atoms with van der Waals surface area (Å²) in [5.41, 5.74) is 1.15. The Bertz CT molecular complexity index is 330. The van der Waals surface area contributed by atoms with Crippen LogP contribution in [0, 0.1) is 6.92 Å². The Morgan fingerprint density at radius 1 is 1.54 bits per heavy atom. The molecule has 4 heteroatoms. The molecule has 0 aliphatic heterocycles. The van der Waals surface area contributed by atoms with Crippen LogP contribution in [0.5, 0.6) is 0 Å². The van der Waals surface area contributed by atoms with Gasteiger partial charge in [0.25, 0.3) is 5.91 Å². The van der Waals surface area contributed by atoms with Crippen molar-refractivity contribution in [1.29, 1.82) is 0 Å². The van der Waals surface area contributed by atoms with Crippen molar-refractivity contribution in [3.8, 4) is 0 Å². The zero-order chi connectivity index (χ0) is 9.84. The van der Waals surface area contributed by atoms with Crippen LogP contribution in [0.4, 0.5) is 0 Å². The van der Waals surface area contributed by atoms with Gasteiger partial charge in [0.1, 0.15) is 0 Å². The van der Waals surface area contributed by atoms with E-state index in [1.807, 2.05) is 18.4 Å². The summed E-state index contributed by atoms with van der Waals surface area (Å²) in [6.07, 6.45) is 0. The first-order chi connectivity index (χ1) is 6.11. The zero-order valence-electron chi connectivity index (χ0n) is 7.59. The van der Waals surface area contributed by atoms with E-state index in [2.05, 4.69) is 5.32 Å². The summed E-state index contributed by atoms with van der Waals surface area (Å²) < 4.78 is 0. The van der Waals surface area contributed by atoms with E-state index in [-0.39, 0.29) is 0 Å². The molecule has 13 heavy (non-hydrogen) atoms. The highest BCUT2D eigenvalue weighted by Crippen LogP contribution is 2.14. The molecule has 1 aromatic heterocycles. The maximum absolute atomic E-state index is 10.9. The summed E-state index contributed by atoms with van der Waals surface area (Å²) in [7, 11) is 0. The Balaban J connectivity index is 2.48. The zero-order valence-corrected chi connectivity index (χ0v) is 8.40. The van der Waals surface area contributed by atoms with Crippen LogP contribution in [-0.2, 0) is 16.1 Å². The monoisotopic (exact) mass is 197 g/mol. The fourth-order valence-electron chi connectivity index (χ4n) is 0.870. The lowest BCUT2D eigenvalue weighted by Gasteiger charge is -2.00. The van der Waals surface area contributed by atoms with Gasteiger partial charge in [-0.05, 0) is 23.9 Å². The van der Waals surface area contributed by atoms with Crippen LogP contribution in [-0.4, -0.2) is 11.7 Å². The van der Waals surface area contributed by atoms with E-state index in [0.717, 1.165) is 10.4 Å². The molecule has 0 unspecified atom stereocenters. The van der Waals surface area contributed by atoms with Gasteiger partial charge in [0.15, 0.2) is 0 Å². The second-order valence-corrected chi connectivity index (χ2v) is 3.77. The van der Waals surface area contributed by atoms with E-state index in [0.29, 0.717) is 6.54 Å². The maximum atomic E-state index is 10.9. The predicted molar refractivity (Wildman–Crippen MR) is 51.6 cm³/mol. The van der Waals surface area contributed by atoms with E-state index < -0.39 is 11.7 Å². The van der Waals surface area contributed by atoms with Crippen LogP contribution in [0.25, 0.3) is 0 Å². The molecule has 1 aromatic rings. The van der Waals surface area contributed by atoms with Gasteiger partial charge in [-0.15, -0.1) is 11.3 Å². The van der Waals surface area contributed by atoms with Gasteiger partial charge in [-0.2, -0.15) is 0 Å². The number of hydrogen-bond acceptors (Lipinski definition) is 3. The second kappa shape index (κ2) is 4.18. The molecule has 70 valence electrons. The molecular weight excluding hydrogens is 186 g/mol. The SMILES string of the molecule is CC(=O)C(=O)NCc1sccc1C. The van der Waals surface area contributed by atoms with Crippen molar-refractivity contribution in [3.05, 3.63) is 21.9 Å². The molecule has 1 amide bonds. The lowest BCUT2D eigenvalue weighted by molar-refractivity contribution is -0.136. The van der Waals surface area contributed by atoms with Gasteiger partial charge in [0.2, 0.25) is 5.78 Å². The van der Waals surface area contributed by atoms with Crippen LogP contribution >= 0.6 is 11.3 Å². The van der Waals surface area contributed by atoms with Gasteiger partial charge in [0.05, 0.1) is 6.54 Å². The van der Waals surface area contributed by atoms with Gasteiger partial charge in [-0.3, -0.25) is 9.59 Å². The van der Waals surface area contributed by atoms with Crippen molar-refractivity contribution in [2.75, 3.05) is 0 Å². The van der Waals surface area contributed by atoms with Crippen LogP contribution in [0.1, 0.15) is 17.4 Å². The number of Topliss-reactive ketones (excluding diaryl/α,β-unsaturated/α-hetero) is 1. The van der Waals surface area contributed by atoms with Gasteiger partial charge in [0, 0.05) is 11.8 Å². The molecule has 1 N–H and O–H groups in total. The third kappa shape index (κ3) is 2.66. The highest BCUT2D eigenvalue weighted by atomic mass is 32.1. The molecule has 0 radical (unpaired) electrons. The average molecular weight is 197 g/mol. The fraction of sp³-hybridized carbons (Fsp3) is 0.333. The van der Waals surface area contributed by atoms with Crippen molar-refractivity contribution in [2.24, 2.45) is 0 Å². The van der Waals surface area contributed by atoms with Gasteiger partial charge < -0.3 is 5.32 Å². The van der Waals surface area contributed by atoms with Gasteiger partial charge in [-0.1, -0.05) is 0 Å². The minimum Gasteiger partial charge on any atom is -0.345 e. The van der Waals surface area contributed by atoms with E-state index in [4.69, 9.17) is 0 Å². The Hall–Kier alpha value is -1.16. The van der Waals surface area contributed by atoms with Gasteiger partial charge in [-0.25, -0.2) is 0 Å². The molecule has 0 atom stereocenters. The lowest BCUT2D eigenvalue weighted by Crippen LogP contribution is -2.28. The molecule has 1 heterocycles. The number of rotatable bonds is 3. The van der Waals surface area contributed by atoms with Crippen molar-refractivity contribution in [3.63, 3.8) is 0 Å². The maximum Gasteiger partial charge on any atom is 0.287 e. The highest BCUT2D eigenvalue weighted by Gasteiger charge is 2.07. The number of amides is 1. The quantitative estimate of drug-likeness (QED) is 0.741. The van der Waals surface area contributed by atoms with E-state index in [1.165, 1.54) is 6.92 Å². The van der Waals surface area contributed by atoms with Crippen LogP contribution in [0.2, 0.25) is 0 Å². The van der Waals surface area contributed by atoms with Crippen LogP contribution in [0.15, 0.2) is 11.4 Å². The molecule has 0 bridgehead atoms. The lowest BCUT2D eigenvalue weighted by atomic mass is 10.3. The predicted octanol–water partition coefficient (Wildman–Crippen LogP) is 1.26. The number of carbonyl (C=O) groups excluding carboxylic acids is 2. The molecule has 0 aliphatic carbocycles. The summed E-state index contributed by atoms with van der Waals surface area (Å²) in [6, 6.07) is 1.99. The number of nitrogens with one attached hydrogen (secondary N) is 1. The van der Waals surface area contributed by atoms with Crippen LogP contribution < -0.4 is 5.32 Å². The van der Waals surface area contributed by atoms with Crippen molar-refractivity contribution >= 4 is 23.0 Å². The molecule has 0 fully saturated rings. The summed E-state index contributed by atoms with van der Waals surface area (Å²) in [5, 5.41) is 4.51.